The molecule has 3 nitrogen and oxygen atoms in total. The average molecular weight is 174 g/mol. The molecule has 0 bridgehead atoms. The summed E-state index contributed by atoms with van der Waals surface area (Å²) in [7, 11) is 0. The molecule has 0 amide bonds. The highest BCUT2D eigenvalue weighted by molar-refractivity contribution is 7.79. The van der Waals surface area contributed by atoms with Crippen LogP contribution in [0.3, 0.4) is 0 Å². The van der Waals surface area contributed by atoms with Crippen LogP contribution in [0.5, 0.6) is 0 Å². The maximum Gasteiger partial charge on any atom is 0.227 e. The summed E-state index contributed by atoms with van der Waals surface area (Å²) in [5.41, 5.74) is 0.616. The van der Waals surface area contributed by atoms with E-state index in [2.05, 4.69) is 4.98 Å². The van der Waals surface area contributed by atoms with E-state index in [0.717, 1.165) is 0 Å². The van der Waals surface area contributed by atoms with Crippen molar-refractivity contribution in [1.82, 2.24) is 4.98 Å². The minimum Gasteiger partial charge on any atom is -0.768 e. The van der Waals surface area contributed by atoms with E-state index in [-0.39, 0.29) is 4.90 Å². The van der Waals surface area contributed by atoms with E-state index in [4.69, 9.17) is 0 Å². The second kappa shape index (κ2) is 3.06. The van der Waals surface area contributed by atoms with Crippen LogP contribution >= 0.6 is 0 Å². The summed E-state index contributed by atoms with van der Waals surface area (Å²) in [6, 6.07) is 1.23. The zero-order chi connectivity index (χ0) is 8.43. The first-order valence-electron chi connectivity index (χ1n) is 2.82. The van der Waals surface area contributed by atoms with Crippen molar-refractivity contribution in [2.75, 3.05) is 0 Å². The number of aryl methyl sites for hydroxylation is 1. The smallest absolute Gasteiger partial charge is 0.227 e. The Labute approximate surface area is 65.6 Å². The van der Waals surface area contributed by atoms with Gasteiger partial charge in [0.1, 0.15) is 0 Å². The predicted octanol–water partition coefficient (Wildman–Crippen LogP) is 0.767. The summed E-state index contributed by atoms with van der Waals surface area (Å²) in [5.74, 6) is -0.955. The van der Waals surface area contributed by atoms with Crippen LogP contribution in [0.15, 0.2) is 17.2 Å². The zero-order valence-electron chi connectivity index (χ0n) is 5.70. The number of nitrogens with zero attached hydrogens (tertiary/aromatic N) is 1. The second-order valence-electron chi connectivity index (χ2n) is 2.04. The van der Waals surface area contributed by atoms with Crippen molar-refractivity contribution in [3.05, 3.63) is 23.8 Å². The SMILES string of the molecule is Cc1cnc(F)c(S(=O)[O-])c1. The van der Waals surface area contributed by atoms with Crippen molar-refractivity contribution >= 4 is 11.1 Å². The number of hydrogen-bond donors (Lipinski definition) is 0. The van der Waals surface area contributed by atoms with Gasteiger partial charge in [0.2, 0.25) is 5.95 Å². The Morgan fingerprint density at radius 2 is 2.36 bits per heavy atom. The lowest BCUT2D eigenvalue weighted by molar-refractivity contribution is 0.510. The Morgan fingerprint density at radius 3 is 2.82 bits per heavy atom. The van der Waals surface area contributed by atoms with Crippen molar-refractivity contribution in [2.24, 2.45) is 0 Å². The molecule has 0 aliphatic carbocycles. The van der Waals surface area contributed by atoms with Gasteiger partial charge in [-0.15, -0.1) is 0 Å². The van der Waals surface area contributed by atoms with Gasteiger partial charge in [-0.2, -0.15) is 4.39 Å². The van der Waals surface area contributed by atoms with Gasteiger partial charge in [-0.05, 0) is 29.6 Å². The lowest BCUT2D eigenvalue weighted by atomic mass is 10.3. The molecule has 0 fully saturated rings. The average Bonchev–Trinajstić information content (AvgIpc) is 1.94. The van der Waals surface area contributed by atoms with Gasteiger partial charge >= 0.3 is 0 Å². The van der Waals surface area contributed by atoms with Gasteiger partial charge in [0.15, 0.2) is 0 Å². The molecule has 0 aromatic carbocycles. The number of aromatic nitrogens is 1. The quantitative estimate of drug-likeness (QED) is 0.466. The fourth-order valence-corrected chi connectivity index (χ4v) is 1.11. The highest BCUT2D eigenvalue weighted by Gasteiger charge is 2.02. The van der Waals surface area contributed by atoms with Crippen LogP contribution in [0.2, 0.25) is 0 Å². The first-order chi connectivity index (χ1) is 5.11. The molecule has 0 radical (unpaired) electrons. The first-order valence-corrected chi connectivity index (χ1v) is 3.90. The topological polar surface area (TPSA) is 53.0 Å². The van der Waals surface area contributed by atoms with Gasteiger partial charge in [0, 0.05) is 6.20 Å². The fraction of sp³-hybridized carbons (Fsp3) is 0.167. The van der Waals surface area contributed by atoms with Crippen LogP contribution < -0.4 is 0 Å². The molecule has 0 N–H and O–H groups in total. The fourth-order valence-electron chi connectivity index (χ4n) is 0.643. The number of rotatable bonds is 1. The summed E-state index contributed by atoms with van der Waals surface area (Å²) in [6.45, 7) is 1.64. The van der Waals surface area contributed by atoms with Gasteiger partial charge in [-0.1, -0.05) is 0 Å². The minimum absolute atomic E-state index is 0.384. The molecule has 1 unspecified atom stereocenters. The van der Waals surface area contributed by atoms with Crippen molar-refractivity contribution in [1.29, 1.82) is 0 Å². The Balaban J connectivity index is 3.23. The van der Waals surface area contributed by atoms with Crippen molar-refractivity contribution in [3.63, 3.8) is 0 Å². The second-order valence-corrected chi connectivity index (χ2v) is 2.95. The van der Waals surface area contributed by atoms with Gasteiger partial charge in [0.25, 0.3) is 0 Å². The monoisotopic (exact) mass is 174 g/mol. The molecule has 0 aliphatic rings. The van der Waals surface area contributed by atoms with Crippen LogP contribution in [0, 0.1) is 12.9 Å². The third kappa shape index (κ3) is 1.81. The third-order valence-corrected chi connectivity index (χ3v) is 1.77. The molecule has 1 rings (SSSR count). The number of halogens is 1. The van der Waals surface area contributed by atoms with Crippen LogP contribution in [-0.2, 0) is 11.1 Å². The summed E-state index contributed by atoms with van der Waals surface area (Å²) >= 11 is -2.54. The zero-order valence-corrected chi connectivity index (χ0v) is 6.52. The first kappa shape index (κ1) is 8.29. The lowest BCUT2D eigenvalue weighted by Crippen LogP contribution is -1.96. The highest BCUT2D eigenvalue weighted by atomic mass is 32.2. The molecule has 0 saturated carbocycles. The Bertz CT molecular complexity index is 303. The summed E-state index contributed by atoms with van der Waals surface area (Å²) < 4.78 is 33.1. The standard InChI is InChI=1S/C6H6FNO2S/c1-4-2-5(11(9)10)6(7)8-3-4/h2-3H,1H3,(H,9,10)/p-1. The van der Waals surface area contributed by atoms with Crippen molar-refractivity contribution < 1.29 is 13.2 Å². The molecule has 11 heavy (non-hydrogen) atoms. The van der Waals surface area contributed by atoms with Crippen LogP contribution in [-0.4, -0.2) is 13.7 Å². The Hall–Kier alpha value is -0.810. The van der Waals surface area contributed by atoms with E-state index < -0.39 is 17.0 Å². The molecule has 5 heteroatoms. The molecule has 1 atom stereocenters. The number of hydrogen-bond acceptors (Lipinski definition) is 3. The molecule has 1 heterocycles. The lowest BCUT2D eigenvalue weighted by Gasteiger charge is -2.05. The Morgan fingerprint density at radius 1 is 1.73 bits per heavy atom. The van der Waals surface area contributed by atoms with E-state index in [0.29, 0.717) is 5.56 Å². The van der Waals surface area contributed by atoms with Crippen LogP contribution in [0.25, 0.3) is 0 Å². The minimum atomic E-state index is -2.54. The van der Waals surface area contributed by atoms with Gasteiger partial charge in [-0.25, -0.2) is 4.98 Å². The van der Waals surface area contributed by atoms with Crippen LogP contribution in [0.4, 0.5) is 4.39 Å². The molecular formula is C6H5FNO2S-. The van der Waals surface area contributed by atoms with Crippen LogP contribution in [0.1, 0.15) is 5.56 Å². The molecule has 60 valence electrons. The van der Waals surface area contributed by atoms with Gasteiger partial charge < -0.3 is 4.55 Å². The Kier molecular flexibility index (Phi) is 2.31. The van der Waals surface area contributed by atoms with Crippen molar-refractivity contribution in [2.45, 2.75) is 11.8 Å². The van der Waals surface area contributed by atoms with E-state index in [1.165, 1.54) is 12.3 Å². The third-order valence-electron chi connectivity index (χ3n) is 1.12. The molecular weight excluding hydrogens is 169 g/mol. The summed E-state index contributed by atoms with van der Waals surface area (Å²) in [4.78, 5) is 2.86. The molecule has 0 spiro atoms. The van der Waals surface area contributed by atoms with Gasteiger partial charge in [-0.3, -0.25) is 4.21 Å². The largest absolute Gasteiger partial charge is 0.768 e. The summed E-state index contributed by atoms with van der Waals surface area (Å²) in [5, 5.41) is 0. The molecule has 1 aromatic heterocycles. The summed E-state index contributed by atoms with van der Waals surface area (Å²) in [6.07, 6.45) is 1.27. The van der Waals surface area contributed by atoms with E-state index >= 15 is 0 Å². The highest BCUT2D eigenvalue weighted by Crippen LogP contribution is 2.09. The maximum atomic E-state index is 12.5. The predicted molar refractivity (Wildman–Crippen MR) is 36.1 cm³/mol. The van der Waals surface area contributed by atoms with E-state index in [1.54, 1.807) is 6.92 Å². The molecule has 1 aromatic rings. The van der Waals surface area contributed by atoms with E-state index in [9.17, 15) is 13.2 Å². The van der Waals surface area contributed by atoms with Crippen molar-refractivity contribution in [3.8, 4) is 0 Å². The maximum absolute atomic E-state index is 12.5. The number of pyridine rings is 1. The molecule has 0 aliphatic heterocycles. The molecule has 0 saturated heterocycles. The van der Waals surface area contributed by atoms with E-state index in [1.807, 2.05) is 0 Å². The van der Waals surface area contributed by atoms with Gasteiger partial charge in [0.05, 0.1) is 4.90 Å². The normalized spacial score (nSPS) is 13.0.